The highest BCUT2D eigenvalue weighted by Gasteiger charge is 2.46. The van der Waals surface area contributed by atoms with Crippen LogP contribution >= 0.6 is 15.9 Å². The summed E-state index contributed by atoms with van der Waals surface area (Å²) in [5, 5.41) is 8.84. The number of carboxylic acid groups (broad SMARTS) is 1. The van der Waals surface area contributed by atoms with Crippen LogP contribution in [0.3, 0.4) is 0 Å². The molecule has 0 saturated carbocycles. The van der Waals surface area contributed by atoms with Crippen LogP contribution in [0, 0.1) is 0 Å². The van der Waals surface area contributed by atoms with Gasteiger partial charge in [-0.1, -0.05) is 15.9 Å². The van der Waals surface area contributed by atoms with Gasteiger partial charge in [0.25, 0.3) is 0 Å². The first kappa shape index (κ1) is 15.8. The molecule has 7 heteroatoms. The van der Waals surface area contributed by atoms with Crippen LogP contribution in [0.1, 0.15) is 12.0 Å². The van der Waals surface area contributed by atoms with E-state index in [9.17, 15) is 14.0 Å². The normalized spacial score (nSPS) is 21.4. The lowest BCUT2D eigenvalue weighted by atomic mass is 10.1. The Morgan fingerprint density at radius 1 is 1.52 bits per heavy atom. The molecular formula is C14H15BrFNO4. The molecule has 1 aromatic carbocycles. The fraction of sp³-hybridized carbons (Fsp3) is 0.429. The standard InChI is InChI=1S/C14H15BrFNO4/c1-21-10-2-3-11(15)9(6-10)7-12(18)17-5-4-14(16,8-17)13(19)20/h2-3,6H,4-5,7-8H2,1H3,(H,19,20). The molecule has 0 radical (unpaired) electrons. The number of hydrogen-bond donors (Lipinski definition) is 1. The van der Waals surface area contributed by atoms with E-state index in [0.717, 1.165) is 4.47 Å². The highest BCUT2D eigenvalue weighted by molar-refractivity contribution is 9.10. The number of aliphatic carboxylic acids is 1. The van der Waals surface area contributed by atoms with E-state index in [1.165, 1.54) is 12.0 Å². The number of carboxylic acids is 1. The quantitative estimate of drug-likeness (QED) is 0.892. The maximum Gasteiger partial charge on any atom is 0.343 e. The number of benzene rings is 1. The molecule has 1 aromatic rings. The van der Waals surface area contributed by atoms with E-state index < -0.39 is 18.2 Å². The van der Waals surface area contributed by atoms with Crippen LogP contribution in [0.25, 0.3) is 0 Å². The van der Waals surface area contributed by atoms with Crippen LogP contribution < -0.4 is 4.74 Å². The van der Waals surface area contributed by atoms with Gasteiger partial charge in [0.05, 0.1) is 20.1 Å². The van der Waals surface area contributed by atoms with E-state index in [-0.39, 0.29) is 25.3 Å². The molecular weight excluding hydrogens is 345 g/mol. The molecule has 1 heterocycles. The molecule has 1 atom stereocenters. The predicted octanol–water partition coefficient (Wildman–Crippen LogP) is 2.03. The fourth-order valence-electron chi connectivity index (χ4n) is 2.25. The first-order valence-electron chi connectivity index (χ1n) is 6.38. The summed E-state index contributed by atoms with van der Waals surface area (Å²) in [4.78, 5) is 24.3. The Labute approximate surface area is 129 Å². The second kappa shape index (κ2) is 6.01. The highest BCUT2D eigenvalue weighted by atomic mass is 79.9. The van der Waals surface area contributed by atoms with Crippen molar-refractivity contribution in [1.82, 2.24) is 4.90 Å². The van der Waals surface area contributed by atoms with E-state index in [1.54, 1.807) is 18.2 Å². The minimum Gasteiger partial charge on any atom is -0.497 e. The van der Waals surface area contributed by atoms with Gasteiger partial charge in [0, 0.05) is 17.4 Å². The SMILES string of the molecule is COc1ccc(Br)c(CC(=O)N2CCC(F)(C(=O)O)C2)c1. The zero-order chi connectivity index (χ0) is 15.6. The summed E-state index contributed by atoms with van der Waals surface area (Å²) in [5.41, 5.74) is -1.62. The zero-order valence-corrected chi connectivity index (χ0v) is 13.0. The molecule has 0 spiro atoms. The topological polar surface area (TPSA) is 66.8 Å². The Bertz CT molecular complexity index is 580. The molecule has 0 bridgehead atoms. The van der Waals surface area contributed by atoms with Crippen LogP contribution in [0.5, 0.6) is 5.75 Å². The summed E-state index contributed by atoms with van der Waals surface area (Å²) in [6.07, 6.45) is -0.110. The van der Waals surface area contributed by atoms with Crippen molar-refractivity contribution in [2.45, 2.75) is 18.5 Å². The highest BCUT2D eigenvalue weighted by Crippen LogP contribution is 2.28. The largest absolute Gasteiger partial charge is 0.497 e. The molecule has 1 amide bonds. The monoisotopic (exact) mass is 359 g/mol. The van der Waals surface area contributed by atoms with E-state index in [0.29, 0.717) is 11.3 Å². The lowest BCUT2D eigenvalue weighted by Gasteiger charge is -2.18. The number of likely N-dealkylation sites (tertiary alicyclic amines) is 1. The number of ether oxygens (including phenoxy) is 1. The van der Waals surface area contributed by atoms with Gasteiger partial charge < -0.3 is 14.7 Å². The molecule has 21 heavy (non-hydrogen) atoms. The molecule has 0 aromatic heterocycles. The lowest BCUT2D eigenvalue weighted by molar-refractivity contribution is -0.150. The predicted molar refractivity (Wildman–Crippen MR) is 77.1 cm³/mol. The minimum absolute atomic E-state index is 0.0630. The van der Waals surface area contributed by atoms with Gasteiger partial charge in [-0.2, -0.15) is 0 Å². The third-order valence-electron chi connectivity index (χ3n) is 3.55. The molecule has 1 aliphatic heterocycles. The van der Waals surface area contributed by atoms with Crippen molar-refractivity contribution < 1.29 is 23.8 Å². The molecule has 1 aliphatic rings. The average Bonchev–Trinajstić information content (AvgIpc) is 2.85. The summed E-state index contributed by atoms with van der Waals surface area (Å²) in [7, 11) is 1.53. The Morgan fingerprint density at radius 2 is 2.24 bits per heavy atom. The number of amides is 1. The maximum atomic E-state index is 14.0. The van der Waals surface area contributed by atoms with Crippen LogP contribution in [-0.4, -0.2) is 47.8 Å². The van der Waals surface area contributed by atoms with Gasteiger partial charge in [-0.25, -0.2) is 9.18 Å². The van der Waals surface area contributed by atoms with E-state index in [2.05, 4.69) is 15.9 Å². The molecule has 1 fully saturated rings. The van der Waals surface area contributed by atoms with E-state index in [4.69, 9.17) is 9.84 Å². The number of rotatable bonds is 4. The second-order valence-electron chi connectivity index (χ2n) is 4.97. The molecule has 1 N–H and O–H groups in total. The number of carbonyl (C=O) groups is 2. The number of methoxy groups -OCH3 is 1. The molecule has 2 rings (SSSR count). The lowest BCUT2D eigenvalue weighted by Crippen LogP contribution is -2.39. The van der Waals surface area contributed by atoms with Gasteiger partial charge in [-0.3, -0.25) is 4.79 Å². The first-order valence-corrected chi connectivity index (χ1v) is 7.17. The number of carbonyl (C=O) groups excluding carboxylic acids is 1. The van der Waals surface area contributed by atoms with Crippen molar-refractivity contribution in [3.8, 4) is 5.75 Å². The molecule has 114 valence electrons. The Morgan fingerprint density at radius 3 is 2.81 bits per heavy atom. The van der Waals surface area contributed by atoms with Gasteiger partial charge in [0.2, 0.25) is 11.6 Å². The summed E-state index contributed by atoms with van der Waals surface area (Å²) in [6, 6.07) is 5.24. The van der Waals surface area contributed by atoms with Crippen molar-refractivity contribution in [2.24, 2.45) is 0 Å². The van der Waals surface area contributed by atoms with E-state index >= 15 is 0 Å². The van der Waals surface area contributed by atoms with Crippen LogP contribution in [0.2, 0.25) is 0 Å². The summed E-state index contributed by atoms with van der Waals surface area (Å²) < 4.78 is 19.8. The number of alkyl halides is 1. The van der Waals surface area contributed by atoms with Crippen molar-refractivity contribution in [2.75, 3.05) is 20.2 Å². The van der Waals surface area contributed by atoms with Crippen molar-refractivity contribution in [3.63, 3.8) is 0 Å². The Kier molecular flexibility index (Phi) is 4.51. The fourth-order valence-corrected chi connectivity index (χ4v) is 2.64. The first-order chi connectivity index (χ1) is 9.85. The van der Waals surface area contributed by atoms with Gasteiger partial charge in [0.15, 0.2) is 0 Å². The van der Waals surface area contributed by atoms with Gasteiger partial charge in [0.1, 0.15) is 5.75 Å². The third kappa shape index (κ3) is 3.34. The number of hydrogen-bond acceptors (Lipinski definition) is 3. The van der Waals surface area contributed by atoms with Crippen molar-refractivity contribution >= 4 is 27.8 Å². The van der Waals surface area contributed by atoms with Gasteiger partial charge >= 0.3 is 5.97 Å². The number of nitrogens with zero attached hydrogens (tertiary/aromatic N) is 1. The Hall–Kier alpha value is -1.63. The minimum atomic E-state index is -2.33. The van der Waals surface area contributed by atoms with Crippen LogP contribution in [-0.2, 0) is 16.0 Å². The average molecular weight is 360 g/mol. The smallest absolute Gasteiger partial charge is 0.343 e. The number of halogens is 2. The van der Waals surface area contributed by atoms with Crippen molar-refractivity contribution in [1.29, 1.82) is 0 Å². The third-order valence-corrected chi connectivity index (χ3v) is 4.32. The van der Waals surface area contributed by atoms with E-state index in [1.807, 2.05) is 0 Å². The van der Waals surface area contributed by atoms with Crippen LogP contribution in [0.4, 0.5) is 4.39 Å². The molecule has 5 nitrogen and oxygen atoms in total. The molecule has 1 unspecified atom stereocenters. The van der Waals surface area contributed by atoms with Gasteiger partial charge in [-0.15, -0.1) is 0 Å². The summed E-state index contributed by atoms with van der Waals surface area (Å²) >= 11 is 3.35. The zero-order valence-electron chi connectivity index (χ0n) is 11.4. The second-order valence-corrected chi connectivity index (χ2v) is 5.82. The summed E-state index contributed by atoms with van der Waals surface area (Å²) in [6.45, 7) is -0.286. The van der Waals surface area contributed by atoms with Crippen molar-refractivity contribution in [3.05, 3.63) is 28.2 Å². The Balaban J connectivity index is 2.08. The van der Waals surface area contributed by atoms with Gasteiger partial charge in [-0.05, 0) is 23.8 Å². The van der Waals surface area contributed by atoms with Crippen LogP contribution in [0.15, 0.2) is 22.7 Å². The summed E-state index contributed by atoms with van der Waals surface area (Å²) in [5.74, 6) is -1.20. The maximum absolute atomic E-state index is 14.0. The molecule has 1 saturated heterocycles. The molecule has 0 aliphatic carbocycles.